The highest BCUT2D eigenvalue weighted by Crippen LogP contribution is 2.41. The molecule has 0 bridgehead atoms. The Morgan fingerprint density at radius 1 is 1.33 bits per heavy atom. The highest BCUT2D eigenvalue weighted by molar-refractivity contribution is 7.98. The van der Waals surface area contributed by atoms with E-state index in [9.17, 15) is 10.1 Å². The Morgan fingerprint density at radius 3 is 2.77 bits per heavy atom. The van der Waals surface area contributed by atoms with Crippen molar-refractivity contribution in [1.29, 1.82) is 5.26 Å². The first kappa shape index (κ1) is 21.3. The molecule has 1 aromatic carbocycles. The van der Waals surface area contributed by atoms with E-state index in [1.54, 1.807) is 32.0 Å². The monoisotopic (exact) mass is 423 g/mol. The van der Waals surface area contributed by atoms with Gasteiger partial charge in [-0.3, -0.25) is 0 Å². The minimum absolute atomic E-state index is 0.0205. The maximum Gasteiger partial charge on any atom is 0.338 e. The zero-order valence-corrected chi connectivity index (χ0v) is 17.7. The van der Waals surface area contributed by atoms with Crippen LogP contribution in [0.4, 0.5) is 0 Å². The highest BCUT2D eigenvalue weighted by Gasteiger charge is 2.36. The molecule has 1 aromatic heterocycles. The first-order valence-corrected chi connectivity index (χ1v) is 10.1. The summed E-state index contributed by atoms with van der Waals surface area (Å²) in [5, 5.41) is 10.6. The number of rotatable bonds is 6. The molecule has 0 unspecified atom stereocenters. The summed E-state index contributed by atoms with van der Waals surface area (Å²) < 4.78 is 15.9. The number of ether oxygens (including phenoxy) is 3. The van der Waals surface area contributed by atoms with Crippen molar-refractivity contribution in [3.05, 3.63) is 76.5 Å². The molecule has 0 radical (unpaired) electrons. The summed E-state index contributed by atoms with van der Waals surface area (Å²) in [4.78, 5) is 16.8. The van der Waals surface area contributed by atoms with E-state index in [-0.39, 0.29) is 17.0 Å². The third-order valence-electron chi connectivity index (χ3n) is 4.66. The lowest BCUT2D eigenvalue weighted by molar-refractivity contribution is -0.136. The van der Waals surface area contributed by atoms with Crippen molar-refractivity contribution in [2.24, 2.45) is 5.73 Å². The largest absolute Gasteiger partial charge is 0.496 e. The molecule has 7 nitrogen and oxygen atoms in total. The van der Waals surface area contributed by atoms with Gasteiger partial charge in [0.1, 0.15) is 23.2 Å². The number of hydrogen-bond donors (Lipinski definition) is 1. The third-order valence-corrected chi connectivity index (χ3v) is 5.65. The van der Waals surface area contributed by atoms with Crippen LogP contribution in [0.3, 0.4) is 0 Å². The van der Waals surface area contributed by atoms with Gasteiger partial charge >= 0.3 is 5.97 Å². The van der Waals surface area contributed by atoms with Crippen LogP contribution in [0.15, 0.2) is 70.4 Å². The zero-order valence-electron chi connectivity index (χ0n) is 16.8. The number of pyridine rings is 1. The van der Waals surface area contributed by atoms with Crippen molar-refractivity contribution in [1.82, 2.24) is 4.98 Å². The molecular formula is C22H21N3O4S. The van der Waals surface area contributed by atoms with Crippen molar-refractivity contribution in [3.8, 4) is 11.8 Å². The minimum Gasteiger partial charge on any atom is -0.496 e. The molecule has 154 valence electrons. The quantitative estimate of drug-likeness (QED) is 0.554. The van der Waals surface area contributed by atoms with Gasteiger partial charge in [-0.05, 0) is 30.7 Å². The number of carbonyl (C=O) groups excluding carboxylic acids is 1. The molecule has 3 rings (SSSR count). The molecule has 0 spiro atoms. The van der Waals surface area contributed by atoms with Crippen molar-refractivity contribution >= 4 is 17.7 Å². The standard InChI is InChI=1S/C22H21N3O4S/c1-13-19(22(26)28-3)20(16(11-23)21(24)29-13)14-7-8-17(27-2)15(10-14)12-30-18-6-4-5-9-25-18/h4-10,20H,12,24H2,1-3H3/t20-/m0/s1. The summed E-state index contributed by atoms with van der Waals surface area (Å²) in [6.45, 7) is 1.63. The molecule has 0 saturated heterocycles. The minimum atomic E-state index is -0.694. The van der Waals surface area contributed by atoms with Gasteiger partial charge in [0.15, 0.2) is 0 Å². The third kappa shape index (κ3) is 4.26. The number of esters is 1. The number of carbonyl (C=O) groups is 1. The van der Waals surface area contributed by atoms with Gasteiger partial charge in [-0.15, -0.1) is 11.8 Å². The zero-order chi connectivity index (χ0) is 21.7. The Labute approximate surface area is 179 Å². The van der Waals surface area contributed by atoms with E-state index >= 15 is 0 Å². The van der Waals surface area contributed by atoms with Gasteiger partial charge in [-0.1, -0.05) is 18.2 Å². The van der Waals surface area contributed by atoms with E-state index in [0.717, 1.165) is 16.2 Å². The van der Waals surface area contributed by atoms with Crippen molar-refractivity contribution < 1.29 is 19.0 Å². The van der Waals surface area contributed by atoms with Crippen LogP contribution in [0.5, 0.6) is 5.75 Å². The Kier molecular flexibility index (Phi) is 6.65. The molecule has 0 aliphatic carbocycles. The SMILES string of the molecule is COC(=O)C1=C(C)OC(N)=C(C#N)[C@@H]1c1ccc(OC)c(CSc2ccccn2)c1. The van der Waals surface area contributed by atoms with Crippen LogP contribution in [0.25, 0.3) is 0 Å². The van der Waals surface area contributed by atoms with Gasteiger partial charge in [0.05, 0.1) is 30.7 Å². The number of benzene rings is 1. The number of thioether (sulfide) groups is 1. The maximum atomic E-state index is 12.5. The smallest absolute Gasteiger partial charge is 0.338 e. The Hall–Kier alpha value is -3.44. The van der Waals surface area contributed by atoms with Crippen LogP contribution < -0.4 is 10.5 Å². The molecule has 1 atom stereocenters. The van der Waals surface area contributed by atoms with Gasteiger partial charge in [0.25, 0.3) is 0 Å². The molecule has 2 N–H and O–H groups in total. The van der Waals surface area contributed by atoms with Crippen molar-refractivity contribution in [2.45, 2.75) is 23.6 Å². The molecule has 2 aromatic rings. The van der Waals surface area contributed by atoms with E-state index in [1.165, 1.54) is 7.11 Å². The van der Waals surface area contributed by atoms with Gasteiger partial charge in [0.2, 0.25) is 5.88 Å². The van der Waals surface area contributed by atoms with E-state index in [2.05, 4.69) is 11.1 Å². The second-order valence-corrected chi connectivity index (χ2v) is 7.41. The molecule has 1 aliphatic rings. The topological polar surface area (TPSA) is 107 Å². The Morgan fingerprint density at radius 2 is 2.13 bits per heavy atom. The fraction of sp³-hybridized carbons (Fsp3) is 0.227. The fourth-order valence-electron chi connectivity index (χ4n) is 3.26. The Balaban J connectivity index is 2.04. The van der Waals surface area contributed by atoms with E-state index in [0.29, 0.717) is 17.3 Å². The number of aromatic nitrogens is 1. The summed E-state index contributed by atoms with van der Waals surface area (Å²) >= 11 is 1.56. The maximum absolute atomic E-state index is 12.5. The van der Waals surface area contributed by atoms with E-state index < -0.39 is 11.9 Å². The van der Waals surface area contributed by atoms with E-state index in [1.807, 2.05) is 36.4 Å². The summed E-state index contributed by atoms with van der Waals surface area (Å²) in [7, 11) is 2.89. The molecule has 2 heterocycles. The Bertz CT molecular complexity index is 1060. The van der Waals surface area contributed by atoms with Crippen molar-refractivity contribution in [2.75, 3.05) is 14.2 Å². The van der Waals surface area contributed by atoms with Gasteiger partial charge in [0, 0.05) is 17.5 Å². The predicted octanol–water partition coefficient (Wildman–Crippen LogP) is 3.64. The van der Waals surface area contributed by atoms with Crippen LogP contribution in [0.1, 0.15) is 24.0 Å². The van der Waals surface area contributed by atoms with Crippen LogP contribution in [0, 0.1) is 11.3 Å². The summed E-state index contributed by atoms with van der Waals surface area (Å²) in [5.41, 5.74) is 7.98. The highest BCUT2D eigenvalue weighted by atomic mass is 32.2. The number of hydrogen-bond acceptors (Lipinski definition) is 8. The molecule has 0 fully saturated rings. The second kappa shape index (κ2) is 9.37. The summed E-state index contributed by atoms with van der Waals surface area (Å²) in [5.74, 6) is 0.314. The average Bonchev–Trinajstić information content (AvgIpc) is 2.77. The average molecular weight is 423 g/mol. The molecule has 8 heteroatoms. The lowest BCUT2D eigenvalue weighted by Crippen LogP contribution is -2.25. The van der Waals surface area contributed by atoms with Crippen LogP contribution in [0.2, 0.25) is 0 Å². The number of allylic oxidation sites excluding steroid dienone is 2. The molecular weight excluding hydrogens is 402 g/mol. The molecule has 1 aliphatic heterocycles. The van der Waals surface area contributed by atoms with Gasteiger partial charge in [-0.2, -0.15) is 5.26 Å². The lowest BCUT2D eigenvalue weighted by Gasteiger charge is -2.27. The lowest BCUT2D eigenvalue weighted by atomic mass is 9.82. The number of nitrogens with zero attached hydrogens (tertiary/aromatic N) is 2. The molecule has 30 heavy (non-hydrogen) atoms. The van der Waals surface area contributed by atoms with Gasteiger partial charge < -0.3 is 19.9 Å². The van der Waals surface area contributed by atoms with E-state index in [4.69, 9.17) is 19.9 Å². The molecule has 0 amide bonds. The van der Waals surface area contributed by atoms with Crippen molar-refractivity contribution in [3.63, 3.8) is 0 Å². The fourth-order valence-corrected chi connectivity index (χ4v) is 4.10. The second-order valence-electron chi connectivity index (χ2n) is 6.41. The normalized spacial score (nSPS) is 16.0. The summed E-state index contributed by atoms with van der Waals surface area (Å²) in [6, 6.07) is 13.3. The van der Waals surface area contributed by atoms with Crippen LogP contribution >= 0.6 is 11.8 Å². The first-order chi connectivity index (χ1) is 14.5. The van der Waals surface area contributed by atoms with Crippen LogP contribution in [-0.4, -0.2) is 25.2 Å². The van der Waals surface area contributed by atoms with Crippen LogP contribution in [-0.2, 0) is 20.0 Å². The number of nitrogens with two attached hydrogens (primary N) is 1. The predicted molar refractivity (Wildman–Crippen MR) is 112 cm³/mol. The summed E-state index contributed by atoms with van der Waals surface area (Å²) in [6.07, 6.45) is 1.74. The van der Waals surface area contributed by atoms with Gasteiger partial charge in [-0.25, -0.2) is 9.78 Å². The number of nitriles is 1. The molecule has 0 saturated carbocycles. The first-order valence-electron chi connectivity index (χ1n) is 9.07. The number of methoxy groups -OCH3 is 2.